The number of rotatable bonds is 6. The van der Waals surface area contributed by atoms with E-state index in [0.29, 0.717) is 6.04 Å². The topological polar surface area (TPSA) is 21.3 Å². The number of hydrogen-bond acceptors (Lipinski definition) is 2. The molecule has 0 fully saturated rings. The van der Waals surface area contributed by atoms with Crippen LogP contribution in [0.3, 0.4) is 0 Å². The molecule has 1 unspecified atom stereocenters. The number of benzene rings is 1. The van der Waals surface area contributed by atoms with Gasteiger partial charge in [0, 0.05) is 0 Å². The first kappa shape index (κ1) is 14.6. The van der Waals surface area contributed by atoms with Gasteiger partial charge in [-0.15, -0.1) is 0 Å². The molecule has 2 nitrogen and oxygen atoms in total. The Hall–Kier alpha value is -0.800. The maximum Gasteiger partial charge on any atom is 0.133 e. The molecule has 0 saturated heterocycles. The van der Waals surface area contributed by atoms with Crippen molar-refractivity contribution in [1.29, 1.82) is 0 Å². The molecule has 0 spiro atoms. The third-order valence-electron chi connectivity index (χ3n) is 3.55. The molecule has 0 saturated carbocycles. The molecule has 1 atom stereocenters. The van der Waals surface area contributed by atoms with Gasteiger partial charge in [0.2, 0.25) is 0 Å². The summed E-state index contributed by atoms with van der Waals surface area (Å²) in [4.78, 5) is 0. The summed E-state index contributed by atoms with van der Waals surface area (Å²) in [6, 6.07) is 6.72. The highest BCUT2D eigenvalue weighted by Gasteiger charge is 2.19. The van der Waals surface area contributed by atoms with Crippen molar-refractivity contribution in [1.82, 2.24) is 5.32 Å². The summed E-state index contributed by atoms with van der Waals surface area (Å²) < 4.78 is 6.33. The van der Waals surface area contributed by atoms with E-state index >= 15 is 0 Å². The van der Waals surface area contributed by atoms with Gasteiger partial charge >= 0.3 is 0 Å². The van der Waals surface area contributed by atoms with Gasteiger partial charge in [0.25, 0.3) is 0 Å². The molecule has 1 aliphatic rings. The molecule has 1 aromatic rings. The van der Waals surface area contributed by atoms with Crippen molar-refractivity contribution in [3.8, 4) is 5.75 Å². The maximum atomic E-state index is 5.30. The zero-order valence-electron chi connectivity index (χ0n) is 11.7. The lowest BCUT2D eigenvalue weighted by Gasteiger charge is -2.21. The first-order valence-corrected chi connectivity index (χ1v) is 7.81. The van der Waals surface area contributed by atoms with Gasteiger partial charge in [0.1, 0.15) is 5.75 Å². The van der Waals surface area contributed by atoms with E-state index in [2.05, 4.69) is 46.4 Å². The number of allylic oxidation sites excluding steroid dienone is 1. The zero-order valence-corrected chi connectivity index (χ0v) is 13.3. The average Bonchev–Trinajstić information content (AvgIpc) is 2.93. The summed E-state index contributed by atoms with van der Waals surface area (Å²) in [5.41, 5.74) is 2.85. The van der Waals surface area contributed by atoms with Crippen LogP contribution in [-0.2, 0) is 0 Å². The van der Waals surface area contributed by atoms with Crippen LogP contribution in [0.2, 0.25) is 0 Å². The highest BCUT2D eigenvalue weighted by Crippen LogP contribution is 2.34. The SMILES string of the molecule is CCCNC(C1=CCCC1)c1ccc(OC)c(Br)c1. The first-order chi connectivity index (χ1) is 9.26. The number of halogens is 1. The number of methoxy groups -OCH3 is 1. The average molecular weight is 324 g/mol. The molecular weight excluding hydrogens is 302 g/mol. The summed E-state index contributed by atoms with van der Waals surface area (Å²) in [6.45, 7) is 3.25. The van der Waals surface area contributed by atoms with Gasteiger partial charge in [0.15, 0.2) is 0 Å². The first-order valence-electron chi connectivity index (χ1n) is 7.02. The third kappa shape index (κ3) is 3.61. The summed E-state index contributed by atoms with van der Waals surface area (Å²) >= 11 is 3.58. The molecule has 2 rings (SSSR count). The second kappa shape index (κ2) is 7.11. The number of ether oxygens (including phenoxy) is 1. The van der Waals surface area contributed by atoms with Crippen molar-refractivity contribution in [2.24, 2.45) is 0 Å². The molecule has 0 bridgehead atoms. The Bertz CT molecular complexity index is 456. The fourth-order valence-corrected chi connectivity index (χ4v) is 3.13. The molecule has 1 aromatic carbocycles. The monoisotopic (exact) mass is 323 g/mol. The Morgan fingerprint density at radius 3 is 2.84 bits per heavy atom. The molecular formula is C16H22BrNO. The standard InChI is InChI=1S/C16H22BrNO/c1-3-10-18-16(12-6-4-5-7-12)13-8-9-15(19-2)14(17)11-13/h6,8-9,11,16,18H,3-5,7,10H2,1-2H3. The lowest BCUT2D eigenvalue weighted by Crippen LogP contribution is -2.23. The van der Waals surface area contributed by atoms with E-state index in [1.807, 2.05) is 6.07 Å². The Morgan fingerprint density at radius 1 is 1.42 bits per heavy atom. The van der Waals surface area contributed by atoms with E-state index < -0.39 is 0 Å². The van der Waals surface area contributed by atoms with Crippen LogP contribution in [0, 0.1) is 0 Å². The highest BCUT2D eigenvalue weighted by atomic mass is 79.9. The summed E-state index contributed by atoms with van der Waals surface area (Å²) in [5, 5.41) is 3.66. The van der Waals surface area contributed by atoms with E-state index in [9.17, 15) is 0 Å². The normalized spacial score (nSPS) is 16.3. The Kier molecular flexibility index (Phi) is 5.46. The van der Waals surface area contributed by atoms with Crippen LogP contribution >= 0.6 is 15.9 Å². The second-order valence-electron chi connectivity index (χ2n) is 4.95. The molecule has 0 radical (unpaired) electrons. The van der Waals surface area contributed by atoms with Gasteiger partial charge in [-0.1, -0.05) is 24.6 Å². The van der Waals surface area contributed by atoms with E-state index in [1.54, 1.807) is 7.11 Å². The Labute approximate surface area is 124 Å². The fraction of sp³-hybridized carbons (Fsp3) is 0.500. The molecule has 1 N–H and O–H groups in total. The largest absolute Gasteiger partial charge is 0.496 e. The van der Waals surface area contributed by atoms with Crippen LogP contribution in [-0.4, -0.2) is 13.7 Å². The van der Waals surface area contributed by atoms with Crippen LogP contribution < -0.4 is 10.1 Å². The van der Waals surface area contributed by atoms with Crippen molar-refractivity contribution in [2.45, 2.75) is 38.6 Å². The Morgan fingerprint density at radius 2 is 2.26 bits per heavy atom. The Balaban J connectivity index is 2.24. The number of nitrogens with one attached hydrogen (secondary N) is 1. The predicted molar refractivity (Wildman–Crippen MR) is 83.7 cm³/mol. The molecule has 3 heteroatoms. The molecule has 1 aliphatic carbocycles. The highest BCUT2D eigenvalue weighted by molar-refractivity contribution is 9.10. The minimum Gasteiger partial charge on any atom is -0.496 e. The predicted octanol–water partition coefficient (Wildman–Crippen LogP) is 4.61. The van der Waals surface area contributed by atoms with Crippen LogP contribution in [0.4, 0.5) is 0 Å². The molecule has 0 amide bonds. The quantitative estimate of drug-likeness (QED) is 0.772. The molecule has 19 heavy (non-hydrogen) atoms. The van der Waals surface area contributed by atoms with Gasteiger partial charge in [-0.2, -0.15) is 0 Å². The molecule has 0 aliphatic heterocycles. The minimum atomic E-state index is 0.352. The van der Waals surface area contributed by atoms with Crippen LogP contribution in [0.25, 0.3) is 0 Å². The summed E-state index contributed by atoms with van der Waals surface area (Å²) in [6.07, 6.45) is 7.27. The molecule has 0 heterocycles. The van der Waals surface area contributed by atoms with Gasteiger partial charge in [-0.25, -0.2) is 0 Å². The minimum absolute atomic E-state index is 0.352. The lowest BCUT2D eigenvalue weighted by molar-refractivity contribution is 0.411. The van der Waals surface area contributed by atoms with Crippen LogP contribution in [0.1, 0.15) is 44.2 Å². The number of hydrogen-bond donors (Lipinski definition) is 1. The zero-order chi connectivity index (χ0) is 13.7. The van der Waals surface area contributed by atoms with Crippen LogP contribution in [0.5, 0.6) is 5.75 Å². The van der Waals surface area contributed by atoms with E-state index in [1.165, 1.54) is 30.4 Å². The van der Waals surface area contributed by atoms with E-state index in [0.717, 1.165) is 23.2 Å². The third-order valence-corrected chi connectivity index (χ3v) is 4.17. The van der Waals surface area contributed by atoms with Gasteiger partial charge in [0.05, 0.1) is 17.6 Å². The molecule has 0 aromatic heterocycles. The fourth-order valence-electron chi connectivity index (χ4n) is 2.57. The molecule has 104 valence electrons. The lowest BCUT2D eigenvalue weighted by atomic mass is 9.98. The maximum absolute atomic E-state index is 5.30. The van der Waals surface area contributed by atoms with E-state index in [-0.39, 0.29) is 0 Å². The second-order valence-corrected chi connectivity index (χ2v) is 5.81. The van der Waals surface area contributed by atoms with Crippen molar-refractivity contribution in [2.75, 3.05) is 13.7 Å². The van der Waals surface area contributed by atoms with Gasteiger partial charge < -0.3 is 10.1 Å². The van der Waals surface area contributed by atoms with E-state index in [4.69, 9.17) is 4.74 Å². The summed E-state index contributed by atoms with van der Waals surface area (Å²) in [5.74, 6) is 0.887. The van der Waals surface area contributed by atoms with Gasteiger partial charge in [-0.05, 0) is 65.9 Å². The van der Waals surface area contributed by atoms with Crippen molar-refractivity contribution in [3.63, 3.8) is 0 Å². The smallest absolute Gasteiger partial charge is 0.133 e. The summed E-state index contributed by atoms with van der Waals surface area (Å²) in [7, 11) is 1.70. The van der Waals surface area contributed by atoms with Crippen LogP contribution in [0.15, 0.2) is 34.3 Å². The van der Waals surface area contributed by atoms with Gasteiger partial charge in [-0.3, -0.25) is 0 Å². The van der Waals surface area contributed by atoms with Crippen molar-refractivity contribution < 1.29 is 4.74 Å². The van der Waals surface area contributed by atoms with Crippen molar-refractivity contribution >= 4 is 15.9 Å². The van der Waals surface area contributed by atoms with Crippen molar-refractivity contribution in [3.05, 3.63) is 39.9 Å².